The lowest BCUT2D eigenvalue weighted by Crippen LogP contribution is -2.50. The van der Waals surface area contributed by atoms with Crippen molar-refractivity contribution in [3.63, 3.8) is 0 Å². The van der Waals surface area contributed by atoms with Gasteiger partial charge in [-0.3, -0.25) is 10.1 Å². The van der Waals surface area contributed by atoms with Crippen LogP contribution in [0.5, 0.6) is 0 Å². The summed E-state index contributed by atoms with van der Waals surface area (Å²) in [4.78, 5) is 21.8. The van der Waals surface area contributed by atoms with Gasteiger partial charge in [0.2, 0.25) is 0 Å². The summed E-state index contributed by atoms with van der Waals surface area (Å²) >= 11 is 6.04. The molecular formula is C15H20ClN3O4. The molecule has 23 heavy (non-hydrogen) atoms. The fourth-order valence-corrected chi connectivity index (χ4v) is 2.51. The number of benzene rings is 1. The van der Waals surface area contributed by atoms with E-state index in [2.05, 4.69) is 10.6 Å². The Balaban J connectivity index is 1.80. The number of alkyl carbamates (subject to hydrolysis) is 1. The van der Waals surface area contributed by atoms with Crippen LogP contribution in [0.15, 0.2) is 18.2 Å². The van der Waals surface area contributed by atoms with Crippen molar-refractivity contribution >= 4 is 29.1 Å². The second-order valence-electron chi connectivity index (χ2n) is 6.58. The van der Waals surface area contributed by atoms with Gasteiger partial charge in [-0.05, 0) is 39.7 Å². The standard InChI is InChI=1S/C15H20ClN3O4/c1-15(2,3)23-14(20)18-10-6-9(7-10)17-13-5-4-11(19(21)22)8-12(13)16/h4-5,8-10,17H,6-7H2,1-3H3,(H,18,20). The average molecular weight is 342 g/mol. The summed E-state index contributed by atoms with van der Waals surface area (Å²) in [6.45, 7) is 5.44. The Morgan fingerprint density at radius 3 is 2.52 bits per heavy atom. The quantitative estimate of drug-likeness (QED) is 0.643. The van der Waals surface area contributed by atoms with Crippen molar-refractivity contribution in [2.75, 3.05) is 5.32 Å². The summed E-state index contributed by atoms with van der Waals surface area (Å²) in [5, 5.41) is 17.0. The molecule has 0 spiro atoms. The summed E-state index contributed by atoms with van der Waals surface area (Å²) in [7, 11) is 0. The zero-order valence-electron chi connectivity index (χ0n) is 13.3. The molecule has 1 amide bonds. The monoisotopic (exact) mass is 341 g/mol. The normalized spacial score (nSPS) is 20.3. The molecule has 0 heterocycles. The highest BCUT2D eigenvalue weighted by Gasteiger charge is 2.32. The number of carbonyl (C=O) groups is 1. The van der Waals surface area contributed by atoms with Gasteiger partial charge in [0, 0.05) is 24.2 Å². The molecule has 0 aliphatic heterocycles. The molecule has 1 aromatic carbocycles. The Bertz CT molecular complexity index is 609. The van der Waals surface area contributed by atoms with Gasteiger partial charge in [0.15, 0.2) is 0 Å². The zero-order chi connectivity index (χ0) is 17.2. The first-order valence-electron chi connectivity index (χ1n) is 7.34. The lowest BCUT2D eigenvalue weighted by atomic mass is 9.86. The van der Waals surface area contributed by atoms with Crippen LogP contribution < -0.4 is 10.6 Å². The number of hydrogen-bond donors (Lipinski definition) is 2. The first-order valence-corrected chi connectivity index (χ1v) is 7.72. The van der Waals surface area contributed by atoms with E-state index in [4.69, 9.17) is 16.3 Å². The lowest BCUT2D eigenvalue weighted by Gasteiger charge is -2.37. The highest BCUT2D eigenvalue weighted by Crippen LogP contribution is 2.31. The van der Waals surface area contributed by atoms with Gasteiger partial charge in [0.25, 0.3) is 5.69 Å². The van der Waals surface area contributed by atoms with E-state index in [1.807, 2.05) is 20.8 Å². The molecule has 2 rings (SSSR count). The molecule has 1 saturated carbocycles. The number of nitro benzene ring substituents is 1. The Morgan fingerprint density at radius 1 is 1.35 bits per heavy atom. The van der Waals surface area contributed by atoms with Crippen LogP contribution in [0.2, 0.25) is 5.02 Å². The molecule has 0 unspecified atom stereocenters. The van der Waals surface area contributed by atoms with Crippen LogP contribution in [0.4, 0.5) is 16.2 Å². The minimum absolute atomic E-state index is 0.0429. The van der Waals surface area contributed by atoms with E-state index in [1.165, 1.54) is 12.1 Å². The number of carbonyl (C=O) groups excluding carboxylic acids is 1. The fraction of sp³-hybridized carbons (Fsp3) is 0.533. The van der Waals surface area contributed by atoms with E-state index < -0.39 is 16.6 Å². The van der Waals surface area contributed by atoms with Crippen molar-refractivity contribution < 1.29 is 14.5 Å². The van der Waals surface area contributed by atoms with E-state index in [-0.39, 0.29) is 17.8 Å². The van der Waals surface area contributed by atoms with Crippen LogP contribution >= 0.6 is 11.6 Å². The highest BCUT2D eigenvalue weighted by molar-refractivity contribution is 6.33. The molecule has 0 radical (unpaired) electrons. The largest absolute Gasteiger partial charge is 0.444 e. The van der Waals surface area contributed by atoms with Crippen LogP contribution in [0.25, 0.3) is 0 Å². The summed E-state index contributed by atoms with van der Waals surface area (Å²) in [6, 6.07) is 4.53. The molecule has 2 N–H and O–H groups in total. The number of nitrogens with zero attached hydrogens (tertiary/aromatic N) is 1. The van der Waals surface area contributed by atoms with E-state index in [9.17, 15) is 14.9 Å². The number of amides is 1. The Labute approximate surface area is 139 Å². The number of nitrogens with one attached hydrogen (secondary N) is 2. The summed E-state index contributed by atoms with van der Waals surface area (Å²) in [5.74, 6) is 0. The Hall–Kier alpha value is -2.02. The molecule has 0 atom stereocenters. The fourth-order valence-electron chi connectivity index (χ4n) is 2.28. The summed E-state index contributed by atoms with van der Waals surface area (Å²) < 4.78 is 5.20. The minimum atomic E-state index is -0.516. The van der Waals surface area contributed by atoms with Crippen LogP contribution in [0.1, 0.15) is 33.6 Å². The molecule has 0 saturated heterocycles. The second-order valence-corrected chi connectivity index (χ2v) is 6.98. The Morgan fingerprint density at radius 2 is 2.00 bits per heavy atom. The molecule has 8 heteroatoms. The first kappa shape index (κ1) is 17.3. The van der Waals surface area contributed by atoms with Gasteiger partial charge in [-0.2, -0.15) is 0 Å². The van der Waals surface area contributed by atoms with Gasteiger partial charge in [0.05, 0.1) is 15.6 Å². The number of ether oxygens (including phenoxy) is 1. The van der Waals surface area contributed by atoms with Crippen LogP contribution in [0.3, 0.4) is 0 Å². The van der Waals surface area contributed by atoms with Crippen molar-refractivity contribution in [2.45, 2.75) is 51.3 Å². The summed E-state index contributed by atoms with van der Waals surface area (Å²) in [5.41, 5.74) is 0.0919. The predicted octanol–water partition coefficient (Wildman–Crippen LogP) is 3.72. The van der Waals surface area contributed by atoms with Gasteiger partial charge in [-0.1, -0.05) is 11.6 Å². The van der Waals surface area contributed by atoms with E-state index >= 15 is 0 Å². The smallest absolute Gasteiger partial charge is 0.407 e. The maximum Gasteiger partial charge on any atom is 0.407 e. The Kier molecular flexibility index (Phi) is 4.99. The molecular weight excluding hydrogens is 322 g/mol. The van der Waals surface area contributed by atoms with Crippen molar-refractivity contribution in [1.29, 1.82) is 0 Å². The van der Waals surface area contributed by atoms with Gasteiger partial charge < -0.3 is 15.4 Å². The number of anilines is 1. The molecule has 0 aromatic heterocycles. The zero-order valence-corrected chi connectivity index (χ0v) is 14.0. The van der Waals surface area contributed by atoms with Crippen molar-refractivity contribution in [3.05, 3.63) is 33.3 Å². The van der Waals surface area contributed by atoms with Gasteiger partial charge in [-0.25, -0.2) is 4.79 Å². The van der Waals surface area contributed by atoms with E-state index in [1.54, 1.807) is 6.07 Å². The second kappa shape index (κ2) is 6.62. The van der Waals surface area contributed by atoms with Crippen LogP contribution in [0, 0.1) is 10.1 Å². The average Bonchev–Trinajstić information content (AvgIpc) is 2.35. The number of rotatable bonds is 4. The van der Waals surface area contributed by atoms with E-state index in [0.29, 0.717) is 10.7 Å². The number of non-ortho nitro benzene ring substituents is 1. The third kappa shape index (κ3) is 4.99. The van der Waals surface area contributed by atoms with E-state index in [0.717, 1.165) is 12.8 Å². The number of halogens is 1. The lowest BCUT2D eigenvalue weighted by molar-refractivity contribution is -0.384. The first-order chi connectivity index (χ1) is 10.6. The molecule has 1 aromatic rings. The molecule has 1 aliphatic carbocycles. The maximum atomic E-state index is 11.6. The molecule has 0 bridgehead atoms. The number of nitro groups is 1. The van der Waals surface area contributed by atoms with Gasteiger partial charge in [0.1, 0.15) is 5.60 Å². The third-order valence-electron chi connectivity index (χ3n) is 3.38. The third-order valence-corrected chi connectivity index (χ3v) is 3.69. The molecule has 1 fully saturated rings. The van der Waals surface area contributed by atoms with Crippen LogP contribution in [-0.2, 0) is 4.74 Å². The van der Waals surface area contributed by atoms with Crippen molar-refractivity contribution in [2.24, 2.45) is 0 Å². The number of hydrogen-bond acceptors (Lipinski definition) is 5. The summed E-state index contributed by atoms with van der Waals surface area (Å²) in [6.07, 6.45) is 1.06. The molecule has 1 aliphatic rings. The van der Waals surface area contributed by atoms with Crippen LogP contribution in [-0.4, -0.2) is 28.7 Å². The SMILES string of the molecule is CC(C)(C)OC(=O)NC1CC(Nc2ccc([N+](=O)[O-])cc2Cl)C1. The van der Waals surface area contributed by atoms with Crippen molar-refractivity contribution in [1.82, 2.24) is 5.32 Å². The maximum absolute atomic E-state index is 11.6. The van der Waals surface area contributed by atoms with Crippen molar-refractivity contribution in [3.8, 4) is 0 Å². The molecule has 7 nitrogen and oxygen atoms in total. The van der Waals surface area contributed by atoms with Gasteiger partial charge in [-0.15, -0.1) is 0 Å². The topological polar surface area (TPSA) is 93.5 Å². The molecule has 126 valence electrons. The van der Waals surface area contributed by atoms with Gasteiger partial charge >= 0.3 is 6.09 Å². The predicted molar refractivity (Wildman–Crippen MR) is 87.9 cm³/mol. The minimum Gasteiger partial charge on any atom is -0.444 e. The highest BCUT2D eigenvalue weighted by atomic mass is 35.5.